The first-order chi connectivity index (χ1) is 8.11. The quantitative estimate of drug-likeness (QED) is 0.401. The fourth-order valence-corrected chi connectivity index (χ4v) is 2.05. The molecule has 0 N–H and O–H groups in total. The molecule has 0 bridgehead atoms. The number of rotatable bonds is 11. The second-order valence-electron chi connectivity index (χ2n) is 5.20. The first kappa shape index (κ1) is 16.3. The van der Waals surface area contributed by atoms with Gasteiger partial charge in [-0.1, -0.05) is 52.4 Å². The molecule has 2 nitrogen and oxygen atoms in total. The average molecular weight is 240 g/mol. The van der Waals surface area contributed by atoms with Crippen molar-refractivity contribution in [2.75, 3.05) is 0 Å². The van der Waals surface area contributed by atoms with Crippen LogP contribution in [0.1, 0.15) is 72.1 Å². The topological polar surface area (TPSA) is 34.1 Å². The smallest absolute Gasteiger partial charge is 0.132 e. The number of carbonyl (C=O) groups excluding carboxylic acids is 2. The molecule has 2 unspecified atom stereocenters. The highest BCUT2D eigenvalue weighted by molar-refractivity contribution is 5.78. The summed E-state index contributed by atoms with van der Waals surface area (Å²) in [5, 5.41) is 0. The summed E-state index contributed by atoms with van der Waals surface area (Å²) in [5.41, 5.74) is 0. The van der Waals surface area contributed by atoms with Crippen molar-refractivity contribution in [1.29, 1.82) is 0 Å². The molecule has 0 saturated carbocycles. The highest BCUT2D eigenvalue weighted by atomic mass is 16.1. The van der Waals surface area contributed by atoms with Crippen LogP contribution in [0.15, 0.2) is 0 Å². The van der Waals surface area contributed by atoms with Crippen molar-refractivity contribution >= 4 is 12.1 Å². The molecule has 0 spiro atoms. The van der Waals surface area contributed by atoms with E-state index in [1.54, 1.807) is 6.92 Å². The van der Waals surface area contributed by atoms with Gasteiger partial charge in [-0.05, 0) is 19.8 Å². The maximum absolute atomic E-state index is 11.1. The van der Waals surface area contributed by atoms with Crippen molar-refractivity contribution in [2.45, 2.75) is 72.1 Å². The zero-order valence-electron chi connectivity index (χ0n) is 11.7. The third-order valence-electron chi connectivity index (χ3n) is 3.47. The van der Waals surface area contributed by atoms with Crippen LogP contribution < -0.4 is 0 Å². The second-order valence-corrected chi connectivity index (χ2v) is 5.20. The van der Waals surface area contributed by atoms with Crippen LogP contribution in [0.2, 0.25) is 0 Å². The molecular formula is C15H28O2. The van der Waals surface area contributed by atoms with E-state index < -0.39 is 0 Å². The number of carbonyl (C=O) groups is 2. The third-order valence-corrected chi connectivity index (χ3v) is 3.47. The SMILES string of the molecule is CCCCCCCCC(C=O)CC(C)C(C)=O. The summed E-state index contributed by atoms with van der Waals surface area (Å²) in [6.45, 7) is 5.74. The van der Waals surface area contributed by atoms with Gasteiger partial charge in [-0.25, -0.2) is 0 Å². The summed E-state index contributed by atoms with van der Waals surface area (Å²) in [6.07, 6.45) is 10.2. The normalized spacial score (nSPS) is 14.3. The minimum absolute atomic E-state index is 0.0327. The molecule has 0 aromatic rings. The van der Waals surface area contributed by atoms with Gasteiger partial charge in [-0.15, -0.1) is 0 Å². The Labute approximate surface area is 106 Å². The Morgan fingerprint density at radius 3 is 2.24 bits per heavy atom. The van der Waals surface area contributed by atoms with Crippen LogP contribution in [0.25, 0.3) is 0 Å². The van der Waals surface area contributed by atoms with E-state index >= 15 is 0 Å². The van der Waals surface area contributed by atoms with Crippen LogP contribution in [0, 0.1) is 11.8 Å². The van der Waals surface area contributed by atoms with Crippen molar-refractivity contribution < 1.29 is 9.59 Å². The lowest BCUT2D eigenvalue weighted by Gasteiger charge is -2.13. The molecule has 0 aliphatic carbocycles. The molecule has 0 radical (unpaired) electrons. The summed E-state index contributed by atoms with van der Waals surface area (Å²) < 4.78 is 0. The Morgan fingerprint density at radius 1 is 1.12 bits per heavy atom. The lowest BCUT2D eigenvalue weighted by molar-refractivity contribution is -0.121. The molecule has 0 aromatic heterocycles. The molecule has 2 heteroatoms. The predicted octanol–water partition coefficient (Wildman–Crippen LogP) is 4.17. The van der Waals surface area contributed by atoms with Crippen LogP contribution in [-0.4, -0.2) is 12.1 Å². The molecule has 0 aliphatic heterocycles. The van der Waals surface area contributed by atoms with E-state index in [0.717, 1.165) is 25.5 Å². The van der Waals surface area contributed by atoms with Gasteiger partial charge in [-0.3, -0.25) is 4.79 Å². The van der Waals surface area contributed by atoms with Crippen LogP contribution in [0.4, 0.5) is 0 Å². The Hall–Kier alpha value is -0.660. The minimum atomic E-state index is 0.0327. The molecule has 0 amide bonds. The first-order valence-corrected chi connectivity index (χ1v) is 7.07. The van der Waals surface area contributed by atoms with Crippen molar-refractivity contribution in [1.82, 2.24) is 0 Å². The van der Waals surface area contributed by atoms with Gasteiger partial charge in [0.15, 0.2) is 0 Å². The summed E-state index contributed by atoms with van der Waals surface area (Å²) in [7, 11) is 0. The molecular weight excluding hydrogens is 212 g/mol. The Kier molecular flexibility index (Phi) is 10.1. The number of ketones is 1. The first-order valence-electron chi connectivity index (χ1n) is 7.07. The minimum Gasteiger partial charge on any atom is -0.303 e. The maximum atomic E-state index is 11.1. The number of Topliss-reactive ketones (excluding diaryl/α,β-unsaturated/α-hetero) is 1. The van der Waals surface area contributed by atoms with Crippen molar-refractivity contribution in [3.8, 4) is 0 Å². The van der Waals surface area contributed by atoms with E-state index in [4.69, 9.17) is 0 Å². The molecule has 0 aromatic carbocycles. The van der Waals surface area contributed by atoms with Crippen LogP contribution >= 0.6 is 0 Å². The van der Waals surface area contributed by atoms with Crippen molar-refractivity contribution in [3.05, 3.63) is 0 Å². The van der Waals surface area contributed by atoms with Gasteiger partial charge in [-0.2, -0.15) is 0 Å². The lowest BCUT2D eigenvalue weighted by atomic mass is 9.90. The van der Waals surface area contributed by atoms with E-state index in [9.17, 15) is 9.59 Å². The lowest BCUT2D eigenvalue weighted by Crippen LogP contribution is -2.13. The van der Waals surface area contributed by atoms with Gasteiger partial charge in [0.2, 0.25) is 0 Å². The van der Waals surface area contributed by atoms with Gasteiger partial charge >= 0.3 is 0 Å². The molecule has 0 saturated heterocycles. The zero-order valence-corrected chi connectivity index (χ0v) is 11.7. The largest absolute Gasteiger partial charge is 0.303 e. The molecule has 2 atom stereocenters. The standard InChI is InChI=1S/C15H28O2/c1-4-5-6-7-8-9-10-15(12-16)11-13(2)14(3)17/h12-13,15H,4-11H2,1-3H3. The number of unbranched alkanes of at least 4 members (excludes halogenated alkanes) is 5. The number of hydrogen-bond donors (Lipinski definition) is 0. The second kappa shape index (κ2) is 10.5. The average Bonchev–Trinajstić information content (AvgIpc) is 2.31. The van der Waals surface area contributed by atoms with E-state index in [-0.39, 0.29) is 17.6 Å². The van der Waals surface area contributed by atoms with Gasteiger partial charge in [0.1, 0.15) is 12.1 Å². The van der Waals surface area contributed by atoms with Gasteiger partial charge < -0.3 is 4.79 Å². The Bertz CT molecular complexity index is 211. The molecule has 0 rings (SSSR count). The highest BCUT2D eigenvalue weighted by Crippen LogP contribution is 2.18. The van der Waals surface area contributed by atoms with Gasteiger partial charge in [0.05, 0.1) is 0 Å². The van der Waals surface area contributed by atoms with E-state index in [1.165, 1.54) is 32.1 Å². The van der Waals surface area contributed by atoms with Gasteiger partial charge in [0.25, 0.3) is 0 Å². The number of aldehydes is 1. The molecule has 17 heavy (non-hydrogen) atoms. The van der Waals surface area contributed by atoms with Crippen LogP contribution in [-0.2, 0) is 9.59 Å². The zero-order chi connectivity index (χ0) is 13.1. The molecule has 0 fully saturated rings. The Balaban J connectivity index is 3.61. The fraction of sp³-hybridized carbons (Fsp3) is 0.867. The van der Waals surface area contributed by atoms with Crippen LogP contribution in [0.3, 0.4) is 0 Å². The van der Waals surface area contributed by atoms with Gasteiger partial charge in [0, 0.05) is 11.8 Å². The van der Waals surface area contributed by atoms with Crippen molar-refractivity contribution in [3.63, 3.8) is 0 Å². The maximum Gasteiger partial charge on any atom is 0.132 e. The summed E-state index contributed by atoms with van der Waals surface area (Å²) >= 11 is 0. The molecule has 0 heterocycles. The van der Waals surface area contributed by atoms with E-state index in [2.05, 4.69) is 6.92 Å². The predicted molar refractivity (Wildman–Crippen MR) is 72.0 cm³/mol. The third kappa shape index (κ3) is 9.08. The fourth-order valence-electron chi connectivity index (χ4n) is 2.05. The Morgan fingerprint density at radius 2 is 1.71 bits per heavy atom. The van der Waals surface area contributed by atoms with E-state index in [0.29, 0.717) is 0 Å². The molecule has 100 valence electrons. The molecule has 0 aliphatic rings. The van der Waals surface area contributed by atoms with E-state index in [1.807, 2.05) is 6.92 Å². The van der Waals surface area contributed by atoms with Crippen LogP contribution in [0.5, 0.6) is 0 Å². The highest BCUT2D eigenvalue weighted by Gasteiger charge is 2.15. The summed E-state index contributed by atoms with van der Waals surface area (Å²) in [6, 6.07) is 0. The summed E-state index contributed by atoms with van der Waals surface area (Å²) in [5.74, 6) is 0.310. The summed E-state index contributed by atoms with van der Waals surface area (Å²) in [4.78, 5) is 22.0. The van der Waals surface area contributed by atoms with Crippen molar-refractivity contribution in [2.24, 2.45) is 11.8 Å². The monoisotopic (exact) mass is 240 g/mol. The number of hydrogen-bond acceptors (Lipinski definition) is 2.